The molecule has 1 aliphatic rings. The first-order valence-electron chi connectivity index (χ1n) is 6.24. The Hall–Kier alpha value is -1.69. The van der Waals surface area contributed by atoms with E-state index in [-0.39, 0.29) is 6.04 Å². The van der Waals surface area contributed by atoms with Crippen LogP contribution < -0.4 is 0 Å². The third-order valence-corrected chi connectivity index (χ3v) is 3.35. The number of likely N-dealkylation sites (tertiary alicyclic amines) is 1. The molecule has 0 unspecified atom stereocenters. The van der Waals surface area contributed by atoms with E-state index in [0.717, 1.165) is 25.3 Å². The summed E-state index contributed by atoms with van der Waals surface area (Å²) in [4.78, 5) is 6.74. The van der Waals surface area contributed by atoms with Gasteiger partial charge >= 0.3 is 0 Å². The van der Waals surface area contributed by atoms with Crippen molar-refractivity contribution >= 4 is 0 Å². The first-order valence-corrected chi connectivity index (χ1v) is 6.24. The molecule has 2 aromatic heterocycles. The van der Waals surface area contributed by atoms with Gasteiger partial charge in [0.2, 0.25) is 5.89 Å². The quantitative estimate of drug-likeness (QED) is 0.821. The van der Waals surface area contributed by atoms with Crippen molar-refractivity contribution < 1.29 is 4.52 Å². The average Bonchev–Trinajstić information content (AvgIpc) is 3.01. The molecule has 0 spiro atoms. The van der Waals surface area contributed by atoms with E-state index < -0.39 is 0 Å². The van der Waals surface area contributed by atoms with Crippen LogP contribution in [0.25, 0.3) is 0 Å². The maximum absolute atomic E-state index is 5.08. The maximum Gasteiger partial charge on any atom is 0.223 e. The molecule has 0 bridgehead atoms. The van der Waals surface area contributed by atoms with Crippen LogP contribution in [0, 0.1) is 6.92 Å². The lowest BCUT2D eigenvalue weighted by atomic mass is 10.2. The minimum atomic E-state index is 0.280. The van der Waals surface area contributed by atoms with Crippen LogP contribution in [0.3, 0.4) is 0 Å². The van der Waals surface area contributed by atoms with Gasteiger partial charge in [-0.2, -0.15) is 10.1 Å². The van der Waals surface area contributed by atoms with Crippen LogP contribution in [0.4, 0.5) is 0 Å². The number of aryl methyl sites for hydroxylation is 2. The third-order valence-electron chi connectivity index (χ3n) is 3.35. The Morgan fingerprint density at radius 1 is 1.50 bits per heavy atom. The molecule has 1 saturated heterocycles. The molecule has 0 radical (unpaired) electrons. The highest BCUT2D eigenvalue weighted by Gasteiger charge is 2.29. The fourth-order valence-corrected chi connectivity index (χ4v) is 2.55. The van der Waals surface area contributed by atoms with Gasteiger partial charge < -0.3 is 4.52 Å². The summed E-state index contributed by atoms with van der Waals surface area (Å²) in [5.74, 6) is 1.45. The molecule has 1 atom stereocenters. The molecule has 1 aliphatic heterocycles. The third kappa shape index (κ3) is 2.15. The van der Waals surface area contributed by atoms with Gasteiger partial charge in [0.1, 0.15) is 0 Å². The van der Waals surface area contributed by atoms with Crippen LogP contribution in [-0.2, 0) is 13.6 Å². The van der Waals surface area contributed by atoms with Gasteiger partial charge in [0, 0.05) is 32.3 Å². The number of hydrogen-bond acceptors (Lipinski definition) is 5. The summed E-state index contributed by atoms with van der Waals surface area (Å²) >= 11 is 0. The molecule has 96 valence electrons. The van der Waals surface area contributed by atoms with E-state index in [9.17, 15) is 0 Å². The van der Waals surface area contributed by atoms with E-state index in [0.29, 0.717) is 5.89 Å². The van der Waals surface area contributed by atoms with E-state index >= 15 is 0 Å². The lowest BCUT2D eigenvalue weighted by Crippen LogP contribution is -2.23. The minimum absolute atomic E-state index is 0.280. The molecular formula is C12H17N5O. The molecule has 0 saturated carbocycles. The average molecular weight is 247 g/mol. The second-order valence-corrected chi connectivity index (χ2v) is 4.82. The topological polar surface area (TPSA) is 60.0 Å². The van der Waals surface area contributed by atoms with Crippen molar-refractivity contribution in [1.82, 2.24) is 24.8 Å². The van der Waals surface area contributed by atoms with Crippen molar-refractivity contribution in [2.24, 2.45) is 7.05 Å². The zero-order valence-electron chi connectivity index (χ0n) is 10.7. The molecule has 2 aromatic rings. The Balaban J connectivity index is 1.75. The van der Waals surface area contributed by atoms with Crippen LogP contribution in [-0.4, -0.2) is 31.4 Å². The van der Waals surface area contributed by atoms with Gasteiger partial charge in [0.25, 0.3) is 0 Å². The normalized spacial score (nSPS) is 20.7. The fraction of sp³-hybridized carbons (Fsp3) is 0.583. The van der Waals surface area contributed by atoms with Gasteiger partial charge in [0.15, 0.2) is 5.82 Å². The molecule has 3 rings (SSSR count). The summed E-state index contributed by atoms with van der Waals surface area (Å²) < 4.78 is 6.91. The largest absolute Gasteiger partial charge is 0.340 e. The lowest BCUT2D eigenvalue weighted by molar-refractivity contribution is 0.234. The molecule has 3 heterocycles. The van der Waals surface area contributed by atoms with E-state index in [4.69, 9.17) is 4.52 Å². The van der Waals surface area contributed by atoms with Crippen LogP contribution in [0.15, 0.2) is 16.9 Å². The van der Waals surface area contributed by atoms with Crippen molar-refractivity contribution in [3.63, 3.8) is 0 Å². The van der Waals surface area contributed by atoms with Crippen molar-refractivity contribution in [2.75, 3.05) is 6.54 Å². The molecule has 18 heavy (non-hydrogen) atoms. The molecule has 0 aliphatic carbocycles. The summed E-state index contributed by atoms with van der Waals surface area (Å²) in [6.07, 6.45) is 6.24. The van der Waals surface area contributed by atoms with Gasteiger partial charge in [-0.15, -0.1) is 0 Å². The molecule has 6 heteroatoms. The summed E-state index contributed by atoms with van der Waals surface area (Å²) in [5.41, 5.74) is 1.23. The molecule has 0 amide bonds. The molecule has 0 aromatic carbocycles. The Labute approximate surface area is 106 Å². The predicted molar refractivity (Wildman–Crippen MR) is 64.6 cm³/mol. The zero-order valence-corrected chi connectivity index (χ0v) is 10.7. The van der Waals surface area contributed by atoms with E-state index in [1.807, 2.05) is 24.9 Å². The SMILES string of the molecule is Cc1nc([C@@H]2CCCN2Cc2cnn(C)c2)no1. The number of aromatic nitrogens is 4. The molecular weight excluding hydrogens is 230 g/mol. The molecule has 0 N–H and O–H groups in total. The van der Waals surface area contributed by atoms with E-state index in [2.05, 4.69) is 26.3 Å². The predicted octanol–water partition coefficient (Wildman–Crippen LogP) is 1.45. The minimum Gasteiger partial charge on any atom is -0.340 e. The van der Waals surface area contributed by atoms with E-state index in [1.165, 1.54) is 12.0 Å². The van der Waals surface area contributed by atoms with Gasteiger partial charge in [-0.05, 0) is 19.4 Å². The number of nitrogens with zero attached hydrogens (tertiary/aromatic N) is 5. The van der Waals surface area contributed by atoms with Gasteiger partial charge in [-0.1, -0.05) is 5.16 Å². The van der Waals surface area contributed by atoms with Crippen LogP contribution >= 0.6 is 0 Å². The second-order valence-electron chi connectivity index (χ2n) is 4.82. The highest BCUT2D eigenvalue weighted by Crippen LogP contribution is 2.31. The first-order chi connectivity index (χ1) is 8.72. The van der Waals surface area contributed by atoms with Crippen LogP contribution in [0.5, 0.6) is 0 Å². The van der Waals surface area contributed by atoms with Crippen molar-refractivity contribution in [3.8, 4) is 0 Å². The van der Waals surface area contributed by atoms with Crippen molar-refractivity contribution in [2.45, 2.75) is 32.4 Å². The second kappa shape index (κ2) is 4.53. The molecule has 6 nitrogen and oxygen atoms in total. The van der Waals surface area contributed by atoms with Crippen LogP contribution in [0.1, 0.15) is 36.2 Å². The standard InChI is InChI=1S/C12H17N5O/c1-9-14-12(15-18-9)11-4-3-5-17(11)8-10-6-13-16(2)7-10/h6-7,11H,3-5,8H2,1-2H3/t11-/m0/s1. The maximum atomic E-state index is 5.08. The summed E-state index contributed by atoms with van der Waals surface area (Å²) in [6, 6.07) is 0.280. The fourth-order valence-electron chi connectivity index (χ4n) is 2.55. The monoisotopic (exact) mass is 247 g/mol. The van der Waals surface area contributed by atoms with Crippen molar-refractivity contribution in [3.05, 3.63) is 29.7 Å². The zero-order chi connectivity index (χ0) is 12.5. The van der Waals surface area contributed by atoms with Gasteiger partial charge in [-0.25, -0.2) is 0 Å². The Morgan fingerprint density at radius 2 is 2.39 bits per heavy atom. The van der Waals surface area contributed by atoms with Crippen molar-refractivity contribution in [1.29, 1.82) is 0 Å². The lowest BCUT2D eigenvalue weighted by Gasteiger charge is -2.20. The van der Waals surface area contributed by atoms with Crippen LogP contribution in [0.2, 0.25) is 0 Å². The number of hydrogen-bond donors (Lipinski definition) is 0. The molecule has 1 fully saturated rings. The van der Waals surface area contributed by atoms with Gasteiger partial charge in [0.05, 0.1) is 12.2 Å². The smallest absolute Gasteiger partial charge is 0.223 e. The Bertz CT molecular complexity index is 532. The van der Waals surface area contributed by atoms with Gasteiger partial charge in [-0.3, -0.25) is 9.58 Å². The highest BCUT2D eigenvalue weighted by atomic mass is 16.5. The summed E-state index contributed by atoms with van der Waals surface area (Å²) in [5, 5.41) is 8.25. The summed E-state index contributed by atoms with van der Waals surface area (Å²) in [7, 11) is 1.94. The summed E-state index contributed by atoms with van der Waals surface area (Å²) in [6.45, 7) is 3.80. The Morgan fingerprint density at radius 3 is 3.06 bits per heavy atom. The number of rotatable bonds is 3. The Kier molecular flexibility index (Phi) is 2.87. The van der Waals surface area contributed by atoms with E-state index in [1.54, 1.807) is 0 Å². The first kappa shape index (κ1) is 11.4. The highest BCUT2D eigenvalue weighted by molar-refractivity contribution is 5.06.